The van der Waals surface area contributed by atoms with Gasteiger partial charge in [-0.15, -0.1) is 0 Å². The zero-order chi connectivity index (χ0) is 17.6. The van der Waals surface area contributed by atoms with Gasteiger partial charge in [-0.3, -0.25) is 4.79 Å². The predicted molar refractivity (Wildman–Crippen MR) is 89.5 cm³/mol. The lowest BCUT2D eigenvalue weighted by Crippen LogP contribution is -2.30. The Hall–Kier alpha value is -3.22. The molecule has 1 N–H and O–H groups in total. The summed E-state index contributed by atoms with van der Waals surface area (Å²) in [6.07, 6.45) is 2.90. The van der Waals surface area contributed by atoms with E-state index >= 15 is 0 Å². The van der Waals surface area contributed by atoms with Gasteiger partial charge in [0.1, 0.15) is 36.0 Å². The molecule has 1 amide bonds. The Morgan fingerprint density at radius 1 is 1.16 bits per heavy atom. The Labute approximate surface area is 144 Å². The number of halogens is 1. The number of carbonyl (C=O) groups excluding carboxylic acids is 1. The first-order valence-corrected chi connectivity index (χ1v) is 7.76. The normalized spacial score (nSPS) is 11.8. The highest BCUT2D eigenvalue weighted by atomic mass is 19.1. The van der Waals surface area contributed by atoms with Gasteiger partial charge < -0.3 is 10.1 Å². The summed E-state index contributed by atoms with van der Waals surface area (Å²) in [5, 5.41) is 6.81. The number of nitrogens with one attached hydrogen (secondary N) is 1. The maximum atomic E-state index is 12.9. The van der Waals surface area contributed by atoms with E-state index in [0.29, 0.717) is 18.0 Å². The number of hydrogen-bond donors (Lipinski definition) is 1. The molecule has 0 aliphatic heterocycles. The summed E-state index contributed by atoms with van der Waals surface area (Å²) in [6.45, 7) is 2.15. The SMILES string of the molecule is CC(C(=O)NCc1ccc(Oc2ccc(F)cc2)cc1)n1cncn1. The minimum Gasteiger partial charge on any atom is -0.457 e. The van der Waals surface area contributed by atoms with Crippen LogP contribution in [0.5, 0.6) is 11.5 Å². The molecule has 1 atom stereocenters. The average molecular weight is 340 g/mol. The molecule has 1 aromatic heterocycles. The Balaban J connectivity index is 1.54. The fourth-order valence-electron chi connectivity index (χ4n) is 2.19. The standard InChI is InChI=1S/C18H17FN4O2/c1-13(23-12-20-11-22-23)18(24)21-10-14-2-6-16(7-3-14)25-17-8-4-15(19)5-9-17/h2-9,11-13H,10H2,1H3,(H,21,24). The van der Waals surface area contributed by atoms with E-state index in [2.05, 4.69) is 15.4 Å². The van der Waals surface area contributed by atoms with Gasteiger partial charge in [-0.05, 0) is 48.9 Å². The minimum atomic E-state index is -0.427. The van der Waals surface area contributed by atoms with Crippen molar-refractivity contribution >= 4 is 5.91 Å². The third-order valence-corrected chi connectivity index (χ3v) is 3.65. The minimum absolute atomic E-state index is 0.142. The zero-order valence-corrected chi connectivity index (χ0v) is 13.6. The second-order valence-electron chi connectivity index (χ2n) is 5.47. The summed E-state index contributed by atoms with van der Waals surface area (Å²) in [7, 11) is 0. The average Bonchev–Trinajstić information content (AvgIpc) is 3.17. The van der Waals surface area contributed by atoms with Crippen LogP contribution in [0.4, 0.5) is 4.39 Å². The molecule has 1 unspecified atom stereocenters. The Morgan fingerprint density at radius 3 is 2.40 bits per heavy atom. The maximum Gasteiger partial charge on any atom is 0.244 e. The van der Waals surface area contributed by atoms with Gasteiger partial charge in [-0.1, -0.05) is 12.1 Å². The molecule has 7 heteroatoms. The third kappa shape index (κ3) is 4.41. The number of ether oxygens (including phenoxy) is 1. The van der Waals surface area contributed by atoms with Crippen molar-refractivity contribution in [3.05, 3.63) is 72.6 Å². The number of hydrogen-bond acceptors (Lipinski definition) is 4. The highest BCUT2D eigenvalue weighted by Crippen LogP contribution is 2.21. The second-order valence-corrected chi connectivity index (χ2v) is 5.47. The second kappa shape index (κ2) is 7.57. The highest BCUT2D eigenvalue weighted by Gasteiger charge is 2.14. The Kier molecular flexibility index (Phi) is 5.03. The van der Waals surface area contributed by atoms with Gasteiger partial charge in [0.05, 0.1) is 0 Å². The molecule has 3 rings (SSSR count). The van der Waals surface area contributed by atoms with Crippen molar-refractivity contribution in [1.82, 2.24) is 20.1 Å². The fourth-order valence-corrected chi connectivity index (χ4v) is 2.19. The van der Waals surface area contributed by atoms with Crippen molar-refractivity contribution in [3.63, 3.8) is 0 Å². The highest BCUT2D eigenvalue weighted by molar-refractivity contribution is 5.79. The number of rotatable bonds is 6. The van der Waals surface area contributed by atoms with Crippen LogP contribution < -0.4 is 10.1 Å². The molecule has 0 aliphatic rings. The molecule has 25 heavy (non-hydrogen) atoms. The van der Waals surface area contributed by atoms with Crippen molar-refractivity contribution in [3.8, 4) is 11.5 Å². The van der Waals surface area contributed by atoms with E-state index in [-0.39, 0.29) is 11.7 Å². The third-order valence-electron chi connectivity index (χ3n) is 3.65. The van der Waals surface area contributed by atoms with Gasteiger partial charge in [-0.25, -0.2) is 14.1 Å². The summed E-state index contributed by atoms with van der Waals surface area (Å²) in [5.74, 6) is 0.748. The van der Waals surface area contributed by atoms with Gasteiger partial charge in [0.15, 0.2) is 0 Å². The van der Waals surface area contributed by atoms with E-state index < -0.39 is 6.04 Å². The van der Waals surface area contributed by atoms with E-state index in [0.717, 1.165) is 5.56 Å². The summed E-state index contributed by atoms with van der Waals surface area (Å²) >= 11 is 0. The first-order chi connectivity index (χ1) is 12.1. The van der Waals surface area contributed by atoms with Gasteiger partial charge in [0.2, 0.25) is 5.91 Å². The quantitative estimate of drug-likeness (QED) is 0.749. The summed E-state index contributed by atoms with van der Waals surface area (Å²) in [5.41, 5.74) is 0.936. The summed E-state index contributed by atoms with van der Waals surface area (Å²) in [4.78, 5) is 15.9. The number of nitrogens with zero attached hydrogens (tertiary/aromatic N) is 3. The summed E-state index contributed by atoms with van der Waals surface area (Å²) in [6, 6.07) is 12.7. The van der Waals surface area contributed by atoms with Gasteiger partial charge in [-0.2, -0.15) is 5.10 Å². The molecule has 6 nitrogen and oxygen atoms in total. The van der Waals surface area contributed by atoms with Crippen LogP contribution in [0.15, 0.2) is 61.2 Å². The van der Waals surface area contributed by atoms with Crippen LogP contribution in [0.1, 0.15) is 18.5 Å². The monoisotopic (exact) mass is 340 g/mol. The van der Waals surface area contributed by atoms with Crippen molar-refractivity contribution in [1.29, 1.82) is 0 Å². The smallest absolute Gasteiger partial charge is 0.244 e. The lowest BCUT2D eigenvalue weighted by Gasteiger charge is -2.12. The lowest BCUT2D eigenvalue weighted by atomic mass is 10.2. The Morgan fingerprint density at radius 2 is 1.80 bits per heavy atom. The van der Waals surface area contributed by atoms with Gasteiger partial charge in [0.25, 0.3) is 0 Å². The first-order valence-electron chi connectivity index (χ1n) is 7.76. The molecule has 0 fully saturated rings. The van der Waals surface area contributed by atoms with Gasteiger partial charge >= 0.3 is 0 Å². The Bertz CT molecular complexity index is 817. The molecule has 0 spiro atoms. The van der Waals surface area contributed by atoms with Crippen LogP contribution in [0, 0.1) is 5.82 Å². The van der Waals surface area contributed by atoms with Crippen molar-refractivity contribution in [2.75, 3.05) is 0 Å². The van der Waals surface area contributed by atoms with Crippen molar-refractivity contribution in [2.24, 2.45) is 0 Å². The van der Waals surface area contributed by atoms with Crippen LogP contribution in [0.3, 0.4) is 0 Å². The summed E-state index contributed by atoms with van der Waals surface area (Å²) < 4.78 is 20.0. The van der Waals surface area contributed by atoms with Crippen LogP contribution in [-0.4, -0.2) is 20.7 Å². The molecular formula is C18H17FN4O2. The van der Waals surface area contributed by atoms with Crippen LogP contribution in [0.2, 0.25) is 0 Å². The molecule has 0 radical (unpaired) electrons. The molecule has 0 aliphatic carbocycles. The predicted octanol–water partition coefficient (Wildman–Crippen LogP) is 3.09. The molecule has 0 saturated heterocycles. The van der Waals surface area contributed by atoms with E-state index in [1.54, 1.807) is 31.2 Å². The van der Waals surface area contributed by atoms with E-state index in [4.69, 9.17) is 4.74 Å². The van der Waals surface area contributed by atoms with Crippen molar-refractivity contribution < 1.29 is 13.9 Å². The molecule has 2 aromatic carbocycles. The van der Waals surface area contributed by atoms with Gasteiger partial charge in [0, 0.05) is 6.54 Å². The van der Waals surface area contributed by atoms with Crippen molar-refractivity contribution in [2.45, 2.75) is 19.5 Å². The number of aromatic nitrogens is 3. The molecule has 128 valence electrons. The molecule has 0 bridgehead atoms. The number of carbonyl (C=O) groups is 1. The lowest BCUT2D eigenvalue weighted by molar-refractivity contribution is -0.124. The van der Waals surface area contributed by atoms with E-state index in [1.165, 1.54) is 29.5 Å². The molecule has 3 aromatic rings. The molecule has 0 saturated carbocycles. The zero-order valence-electron chi connectivity index (χ0n) is 13.6. The first kappa shape index (κ1) is 16.6. The number of amides is 1. The topological polar surface area (TPSA) is 69.0 Å². The molecule has 1 heterocycles. The largest absolute Gasteiger partial charge is 0.457 e. The van der Waals surface area contributed by atoms with Crippen LogP contribution in [0.25, 0.3) is 0 Å². The van der Waals surface area contributed by atoms with E-state index in [1.807, 2.05) is 12.1 Å². The van der Waals surface area contributed by atoms with Crippen LogP contribution >= 0.6 is 0 Å². The fraction of sp³-hybridized carbons (Fsp3) is 0.167. The number of benzene rings is 2. The van der Waals surface area contributed by atoms with E-state index in [9.17, 15) is 9.18 Å². The maximum absolute atomic E-state index is 12.9. The molecular weight excluding hydrogens is 323 g/mol. The van der Waals surface area contributed by atoms with Crippen LogP contribution in [-0.2, 0) is 11.3 Å².